The van der Waals surface area contributed by atoms with Gasteiger partial charge in [-0.3, -0.25) is 4.79 Å². The zero-order valence-electron chi connectivity index (χ0n) is 12.3. The predicted octanol–water partition coefficient (Wildman–Crippen LogP) is 2.95. The third-order valence-electron chi connectivity index (χ3n) is 3.83. The number of pyridine rings is 1. The molecular formula is C16H19N3OS. The molecule has 3 rings (SSSR count). The molecule has 1 fully saturated rings. The lowest BCUT2D eigenvalue weighted by Gasteiger charge is -2.23. The van der Waals surface area contributed by atoms with Crippen LogP contribution < -0.4 is 0 Å². The second-order valence-corrected chi connectivity index (χ2v) is 6.13. The number of aryl methyl sites for hydroxylation is 1. The molecule has 0 unspecified atom stereocenters. The molecule has 1 saturated carbocycles. The maximum absolute atomic E-state index is 12.9. The van der Waals surface area contributed by atoms with E-state index >= 15 is 0 Å². The second-order valence-electron chi connectivity index (χ2n) is 5.33. The van der Waals surface area contributed by atoms with Crippen molar-refractivity contribution in [1.82, 2.24) is 14.5 Å². The van der Waals surface area contributed by atoms with E-state index in [9.17, 15) is 4.79 Å². The number of hydrogen-bond acceptors (Lipinski definition) is 3. The Morgan fingerprint density at radius 1 is 1.43 bits per heavy atom. The molecule has 2 aromatic heterocycles. The van der Waals surface area contributed by atoms with Crippen LogP contribution in [0.5, 0.6) is 0 Å². The molecule has 0 saturated heterocycles. The zero-order chi connectivity index (χ0) is 14.8. The van der Waals surface area contributed by atoms with Gasteiger partial charge in [-0.25, -0.2) is 4.98 Å². The summed E-state index contributed by atoms with van der Waals surface area (Å²) in [5.74, 6) is 0.0937. The summed E-state index contributed by atoms with van der Waals surface area (Å²) in [6, 6.07) is 8.17. The van der Waals surface area contributed by atoms with Gasteiger partial charge in [0.1, 0.15) is 5.03 Å². The summed E-state index contributed by atoms with van der Waals surface area (Å²) in [5, 5.41) is 0.806. The molecular weight excluding hydrogens is 282 g/mol. The van der Waals surface area contributed by atoms with Gasteiger partial charge in [0.25, 0.3) is 5.91 Å². The highest BCUT2D eigenvalue weighted by Gasteiger charge is 2.34. The van der Waals surface area contributed by atoms with Gasteiger partial charge in [-0.15, -0.1) is 11.8 Å². The lowest BCUT2D eigenvalue weighted by atomic mass is 10.2. The molecule has 2 aromatic rings. The summed E-state index contributed by atoms with van der Waals surface area (Å²) in [5.41, 5.74) is 1.87. The van der Waals surface area contributed by atoms with Crippen molar-refractivity contribution < 1.29 is 4.79 Å². The molecule has 4 nitrogen and oxygen atoms in total. The average Bonchev–Trinajstić information content (AvgIpc) is 3.27. The molecule has 1 aliphatic carbocycles. The minimum absolute atomic E-state index is 0.0937. The Morgan fingerprint density at radius 3 is 2.86 bits per heavy atom. The molecule has 0 spiro atoms. The van der Waals surface area contributed by atoms with E-state index < -0.39 is 0 Å². The normalized spacial score (nSPS) is 14.2. The van der Waals surface area contributed by atoms with Crippen LogP contribution in [0.4, 0.5) is 0 Å². The maximum Gasteiger partial charge on any atom is 0.257 e. The fourth-order valence-corrected chi connectivity index (χ4v) is 3.00. The third kappa shape index (κ3) is 2.97. The highest BCUT2D eigenvalue weighted by Crippen LogP contribution is 2.31. The number of rotatable bonds is 5. The first kappa shape index (κ1) is 14.2. The summed E-state index contributed by atoms with van der Waals surface area (Å²) in [4.78, 5) is 19.2. The Morgan fingerprint density at radius 2 is 2.24 bits per heavy atom. The maximum atomic E-state index is 12.9. The standard InChI is InChI=1S/C16H19N3OS/c1-18-10-4-5-13(18)11-19(12-7-8-12)16(20)14-6-3-9-17-15(14)21-2/h3-6,9-10,12H,7-8,11H2,1-2H3. The first-order chi connectivity index (χ1) is 10.2. The molecule has 0 atom stereocenters. The summed E-state index contributed by atoms with van der Waals surface area (Å²) in [6.07, 6.45) is 7.91. The Labute approximate surface area is 129 Å². The predicted molar refractivity (Wildman–Crippen MR) is 84.3 cm³/mol. The monoisotopic (exact) mass is 301 g/mol. The summed E-state index contributed by atoms with van der Waals surface area (Å²) >= 11 is 1.52. The van der Waals surface area contributed by atoms with E-state index in [1.54, 1.807) is 6.20 Å². The van der Waals surface area contributed by atoms with Crippen molar-refractivity contribution >= 4 is 17.7 Å². The summed E-state index contributed by atoms with van der Waals surface area (Å²) in [6.45, 7) is 0.662. The molecule has 0 aromatic carbocycles. The van der Waals surface area contributed by atoms with Gasteiger partial charge in [-0.1, -0.05) is 0 Å². The molecule has 0 N–H and O–H groups in total. The smallest absolute Gasteiger partial charge is 0.257 e. The van der Waals surface area contributed by atoms with Crippen molar-refractivity contribution in [3.8, 4) is 0 Å². The molecule has 5 heteroatoms. The van der Waals surface area contributed by atoms with Crippen molar-refractivity contribution in [3.05, 3.63) is 47.9 Å². The minimum Gasteiger partial charge on any atom is -0.353 e. The highest BCUT2D eigenvalue weighted by molar-refractivity contribution is 7.98. The van der Waals surface area contributed by atoms with Crippen LogP contribution >= 0.6 is 11.8 Å². The van der Waals surface area contributed by atoms with Crippen molar-refractivity contribution in [2.45, 2.75) is 30.5 Å². The molecule has 1 aliphatic rings. The Kier molecular flexibility index (Phi) is 4.01. The van der Waals surface area contributed by atoms with Gasteiger partial charge in [-0.2, -0.15) is 0 Å². The van der Waals surface area contributed by atoms with Crippen LogP contribution in [0.15, 0.2) is 41.7 Å². The molecule has 1 amide bonds. The first-order valence-corrected chi connectivity index (χ1v) is 8.33. The van der Waals surface area contributed by atoms with Crippen LogP contribution in [-0.2, 0) is 13.6 Å². The zero-order valence-corrected chi connectivity index (χ0v) is 13.1. The highest BCUT2D eigenvalue weighted by atomic mass is 32.2. The number of carbonyl (C=O) groups excluding carboxylic acids is 1. The van der Waals surface area contributed by atoms with Gasteiger partial charge in [-0.05, 0) is 43.4 Å². The lowest BCUT2D eigenvalue weighted by molar-refractivity contribution is 0.0722. The SMILES string of the molecule is CSc1ncccc1C(=O)N(Cc1cccn1C)C1CC1. The Bertz CT molecular complexity index is 648. The van der Waals surface area contributed by atoms with E-state index in [4.69, 9.17) is 0 Å². The van der Waals surface area contributed by atoms with Crippen LogP contribution in [0.3, 0.4) is 0 Å². The van der Waals surface area contributed by atoms with Gasteiger partial charge < -0.3 is 9.47 Å². The Balaban J connectivity index is 1.87. The van der Waals surface area contributed by atoms with Crippen molar-refractivity contribution in [2.24, 2.45) is 7.05 Å². The van der Waals surface area contributed by atoms with E-state index in [0.29, 0.717) is 18.2 Å². The average molecular weight is 301 g/mol. The van der Waals surface area contributed by atoms with Crippen LogP contribution in [0.1, 0.15) is 28.9 Å². The van der Waals surface area contributed by atoms with Crippen LogP contribution in [0.2, 0.25) is 0 Å². The van der Waals surface area contributed by atoms with E-state index in [-0.39, 0.29) is 5.91 Å². The van der Waals surface area contributed by atoms with Crippen LogP contribution in [-0.4, -0.2) is 32.7 Å². The summed E-state index contributed by atoms with van der Waals surface area (Å²) in [7, 11) is 2.02. The fraction of sp³-hybridized carbons (Fsp3) is 0.375. The number of thioether (sulfide) groups is 1. The van der Waals surface area contributed by atoms with E-state index in [1.807, 2.05) is 42.6 Å². The summed E-state index contributed by atoms with van der Waals surface area (Å²) < 4.78 is 2.07. The van der Waals surface area contributed by atoms with Gasteiger partial charge >= 0.3 is 0 Å². The van der Waals surface area contributed by atoms with Gasteiger partial charge in [0.05, 0.1) is 12.1 Å². The van der Waals surface area contributed by atoms with E-state index in [0.717, 1.165) is 23.6 Å². The second kappa shape index (κ2) is 5.93. The number of hydrogen-bond donors (Lipinski definition) is 0. The molecule has 0 radical (unpaired) electrons. The van der Waals surface area contributed by atoms with Crippen molar-refractivity contribution in [1.29, 1.82) is 0 Å². The molecule has 110 valence electrons. The lowest BCUT2D eigenvalue weighted by Crippen LogP contribution is -2.33. The van der Waals surface area contributed by atoms with E-state index in [2.05, 4.69) is 15.6 Å². The van der Waals surface area contributed by atoms with E-state index in [1.165, 1.54) is 11.8 Å². The molecule has 0 aliphatic heterocycles. The molecule has 0 bridgehead atoms. The molecule has 2 heterocycles. The Hall–Kier alpha value is -1.75. The number of aromatic nitrogens is 2. The molecule has 21 heavy (non-hydrogen) atoms. The van der Waals surface area contributed by atoms with Crippen LogP contribution in [0.25, 0.3) is 0 Å². The van der Waals surface area contributed by atoms with Gasteiger partial charge in [0.15, 0.2) is 0 Å². The van der Waals surface area contributed by atoms with Crippen molar-refractivity contribution in [2.75, 3.05) is 6.26 Å². The quantitative estimate of drug-likeness (QED) is 0.797. The number of amides is 1. The van der Waals surface area contributed by atoms with Crippen molar-refractivity contribution in [3.63, 3.8) is 0 Å². The van der Waals surface area contributed by atoms with Gasteiger partial charge in [0.2, 0.25) is 0 Å². The largest absolute Gasteiger partial charge is 0.353 e. The number of carbonyl (C=O) groups is 1. The topological polar surface area (TPSA) is 38.1 Å². The van der Waals surface area contributed by atoms with Gasteiger partial charge in [0, 0.05) is 31.2 Å². The minimum atomic E-state index is 0.0937. The van der Waals surface area contributed by atoms with Crippen LogP contribution in [0, 0.1) is 0 Å². The first-order valence-electron chi connectivity index (χ1n) is 7.11. The fourth-order valence-electron chi connectivity index (χ4n) is 2.46. The third-order valence-corrected chi connectivity index (χ3v) is 4.54. The number of nitrogens with zero attached hydrogens (tertiary/aromatic N) is 3.